The molecule has 0 aromatic heterocycles. The Labute approximate surface area is 395 Å². The van der Waals surface area contributed by atoms with Gasteiger partial charge >= 0.3 is 23.1 Å². The molecule has 0 aliphatic rings. The van der Waals surface area contributed by atoms with Crippen molar-refractivity contribution in [3.8, 4) is 0 Å². The largest absolute Gasteiger partial charge is 0.462 e. The molecule has 0 aromatic carbocycles. The van der Waals surface area contributed by atoms with Gasteiger partial charge in [-0.2, -0.15) is 0 Å². The van der Waals surface area contributed by atoms with Gasteiger partial charge in [0.2, 0.25) is 0 Å². The third-order valence-electron chi connectivity index (χ3n) is 12.4. The molecule has 8 nitrogen and oxygen atoms in total. The predicted molar refractivity (Wildman–Crippen MR) is 275 cm³/mol. The fourth-order valence-corrected chi connectivity index (χ4v) is 15.3. The third kappa shape index (κ3) is 44.0. The summed E-state index contributed by atoms with van der Waals surface area (Å²) >= 11 is 0. The summed E-state index contributed by atoms with van der Waals surface area (Å²) in [4.78, 5) is 15.3. The summed E-state index contributed by atoms with van der Waals surface area (Å²) in [6.07, 6.45) is 42.5. The summed E-state index contributed by atoms with van der Waals surface area (Å²) in [6.45, 7) is 22.2. The van der Waals surface area contributed by atoms with Crippen molar-refractivity contribution < 1.29 is 32.3 Å². The number of hydrogen-bond acceptors (Lipinski definition) is 8. The SMILES string of the molecule is CCCCCCCCOC(CCCCCN(CCO)CCCCCCCC(=O)OC(CCCCCCCC)CCCCCCCC)O[Si](C)(C)O[Si](C)(C)OCCCCCCCC. The molecular weight excluding hydrogens is 819 g/mol. The summed E-state index contributed by atoms with van der Waals surface area (Å²) in [5.74, 6) is 0.0155. The molecule has 0 fully saturated rings. The Morgan fingerprint density at radius 2 is 0.889 bits per heavy atom. The first-order valence-electron chi connectivity index (χ1n) is 27.7. The molecule has 0 amide bonds. The van der Waals surface area contributed by atoms with Gasteiger partial charge in [0.15, 0.2) is 0 Å². The Balaban J connectivity index is 4.67. The van der Waals surface area contributed by atoms with E-state index in [-0.39, 0.29) is 25.0 Å². The van der Waals surface area contributed by atoms with E-state index in [0.29, 0.717) is 6.42 Å². The molecule has 0 spiro atoms. The van der Waals surface area contributed by atoms with E-state index in [1.54, 1.807) is 0 Å². The summed E-state index contributed by atoms with van der Waals surface area (Å²) in [6, 6.07) is 0. The van der Waals surface area contributed by atoms with Crippen molar-refractivity contribution in [3.05, 3.63) is 0 Å². The molecule has 0 heterocycles. The van der Waals surface area contributed by atoms with Crippen LogP contribution in [0.1, 0.15) is 259 Å². The number of carbonyl (C=O) groups is 1. The standard InChI is InChI=1S/C53H111NO7Si2/c1-9-13-17-21-26-33-41-51(42-34-27-22-18-14-10-2)59-52(56)43-35-28-25-29-37-45-54(47-48-55)46-38-32-36-44-53(57-49-39-30-23-19-15-11-3)60-63(7,8)61-62(5,6)58-50-40-31-24-20-16-12-4/h51,53,55H,9-50H2,1-8H3. The van der Waals surface area contributed by atoms with Crippen LogP contribution < -0.4 is 0 Å². The van der Waals surface area contributed by atoms with E-state index >= 15 is 0 Å². The second-order valence-electron chi connectivity index (χ2n) is 19.9. The van der Waals surface area contributed by atoms with Crippen LogP contribution in [-0.4, -0.2) is 84.9 Å². The summed E-state index contributed by atoms with van der Waals surface area (Å²) in [5.41, 5.74) is 0. The van der Waals surface area contributed by atoms with Gasteiger partial charge in [-0.1, -0.05) is 182 Å². The molecule has 0 aliphatic carbocycles. The van der Waals surface area contributed by atoms with Crippen LogP contribution >= 0.6 is 0 Å². The number of rotatable bonds is 51. The monoisotopic (exact) mass is 930 g/mol. The zero-order chi connectivity index (χ0) is 46.5. The maximum absolute atomic E-state index is 12.8. The summed E-state index contributed by atoms with van der Waals surface area (Å²) < 4.78 is 32.3. The molecule has 10 heteroatoms. The lowest BCUT2D eigenvalue weighted by Gasteiger charge is -2.35. The van der Waals surface area contributed by atoms with E-state index in [0.717, 1.165) is 116 Å². The molecule has 0 saturated carbocycles. The maximum atomic E-state index is 12.8. The van der Waals surface area contributed by atoms with Gasteiger partial charge in [-0.3, -0.25) is 4.79 Å². The Morgan fingerprint density at radius 3 is 1.40 bits per heavy atom. The van der Waals surface area contributed by atoms with Gasteiger partial charge in [-0.15, -0.1) is 0 Å². The fourth-order valence-electron chi connectivity index (χ4n) is 8.68. The lowest BCUT2D eigenvalue weighted by Crippen LogP contribution is -2.50. The smallest absolute Gasteiger partial charge is 0.324 e. The number of carbonyl (C=O) groups excluding carboxylic acids is 1. The van der Waals surface area contributed by atoms with Crippen LogP contribution in [-0.2, 0) is 27.2 Å². The lowest BCUT2D eigenvalue weighted by molar-refractivity contribution is -0.150. The van der Waals surface area contributed by atoms with E-state index in [2.05, 4.69) is 58.8 Å². The first kappa shape index (κ1) is 62.7. The highest BCUT2D eigenvalue weighted by Crippen LogP contribution is 2.23. The highest BCUT2D eigenvalue weighted by atomic mass is 28.5. The van der Waals surface area contributed by atoms with Crippen LogP contribution in [0.5, 0.6) is 0 Å². The highest BCUT2D eigenvalue weighted by Gasteiger charge is 2.38. The minimum absolute atomic E-state index is 0.0155. The van der Waals surface area contributed by atoms with Crippen molar-refractivity contribution in [2.24, 2.45) is 0 Å². The first-order valence-corrected chi connectivity index (χ1v) is 33.3. The van der Waals surface area contributed by atoms with Gasteiger partial charge < -0.3 is 32.4 Å². The van der Waals surface area contributed by atoms with Crippen molar-refractivity contribution >= 4 is 23.1 Å². The molecular formula is C53H111NO7Si2. The molecule has 0 radical (unpaired) electrons. The number of aliphatic hydroxyl groups is 1. The highest BCUT2D eigenvalue weighted by molar-refractivity contribution is 6.78. The van der Waals surface area contributed by atoms with Gasteiger partial charge in [0.05, 0.1) is 6.61 Å². The van der Waals surface area contributed by atoms with Crippen LogP contribution in [0.2, 0.25) is 26.2 Å². The van der Waals surface area contributed by atoms with Gasteiger partial charge in [0.1, 0.15) is 12.4 Å². The average Bonchev–Trinajstić information content (AvgIpc) is 3.24. The molecule has 0 aromatic rings. The molecule has 378 valence electrons. The van der Waals surface area contributed by atoms with E-state index < -0.39 is 17.1 Å². The van der Waals surface area contributed by atoms with Crippen molar-refractivity contribution in [3.63, 3.8) is 0 Å². The van der Waals surface area contributed by atoms with E-state index in [4.69, 9.17) is 22.4 Å². The second-order valence-corrected chi connectivity index (χ2v) is 26.8. The number of hydrogen-bond donors (Lipinski definition) is 1. The number of esters is 1. The van der Waals surface area contributed by atoms with Gasteiger partial charge in [0.25, 0.3) is 0 Å². The predicted octanol–water partition coefficient (Wildman–Crippen LogP) is 16.1. The molecule has 0 saturated heterocycles. The van der Waals surface area contributed by atoms with Crippen molar-refractivity contribution in [2.75, 3.05) is 39.5 Å². The van der Waals surface area contributed by atoms with Crippen molar-refractivity contribution in [1.82, 2.24) is 4.90 Å². The fraction of sp³-hybridized carbons (Fsp3) is 0.981. The summed E-state index contributed by atoms with van der Waals surface area (Å²) in [5, 5.41) is 9.80. The van der Waals surface area contributed by atoms with Gasteiger partial charge in [-0.25, -0.2) is 0 Å². The minimum atomic E-state index is -2.48. The Bertz CT molecular complexity index is 942. The summed E-state index contributed by atoms with van der Waals surface area (Å²) in [7, 11) is -4.79. The number of aliphatic hydroxyl groups excluding tert-OH is 1. The second kappa shape index (κ2) is 45.4. The first-order chi connectivity index (χ1) is 30.5. The van der Waals surface area contributed by atoms with Crippen LogP contribution in [0, 0.1) is 0 Å². The molecule has 1 N–H and O–H groups in total. The van der Waals surface area contributed by atoms with Crippen LogP contribution in [0.15, 0.2) is 0 Å². The van der Waals surface area contributed by atoms with Crippen molar-refractivity contribution in [2.45, 2.75) is 297 Å². The Hall–Kier alpha value is -0.336. The zero-order valence-corrected chi connectivity index (χ0v) is 45.7. The topological polar surface area (TPSA) is 86.7 Å². The molecule has 0 rings (SSSR count). The molecule has 1 unspecified atom stereocenters. The number of unbranched alkanes of at least 4 members (excludes halogenated alkanes) is 26. The lowest BCUT2D eigenvalue weighted by atomic mass is 10.0. The van der Waals surface area contributed by atoms with Gasteiger partial charge in [-0.05, 0) is 110 Å². The maximum Gasteiger partial charge on any atom is 0.324 e. The number of ether oxygens (including phenoxy) is 2. The molecule has 63 heavy (non-hydrogen) atoms. The van der Waals surface area contributed by atoms with E-state index in [1.807, 2.05) is 0 Å². The normalized spacial score (nSPS) is 12.9. The van der Waals surface area contributed by atoms with E-state index in [1.165, 1.54) is 141 Å². The Morgan fingerprint density at radius 1 is 0.476 bits per heavy atom. The van der Waals surface area contributed by atoms with Crippen LogP contribution in [0.25, 0.3) is 0 Å². The minimum Gasteiger partial charge on any atom is -0.462 e. The quantitative estimate of drug-likeness (QED) is 0.0279. The average molecular weight is 931 g/mol. The van der Waals surface area contributed by atoms with Crippen LogP contribution in [0.3, 0.4) is 0 Å². The van der Waals surface area contributed by atoms with E-state index in [9.17, 15) is 9.90 Å². The van der Waals surface area contributed by atoms with Crippen molar-refractivity contribution in [1.29, 1.82) is 0 Å². The Kier molecular flexibility index (Phi) is 45.2. The molecule has 0 aliphatic heterocycles. The molecule has 1 atom stereocenters. The zero-order valence-electron chi connectivity index (χ0n) is 43.7. The molecule has 0 bridgehead atoms. The number of nitrogens with zero attached hydrogens (tertiary/aromatic N) is 1. The van der Waals surface area contributed by atoms with Gasteiger partial charge in [0, 0.05) is 26.2 Å². The third-order valence-corrected chi connectivity index (χ3v) is 18.1. The van der Waals surface area contributed by atoms with Crippen LogP contribution in [0.4, 0.5) is 0 Å².